The van der Waals surface area contributed by atoms with Crippen LogP contribution in [0.2, 0.25) is 0 Å². The standard InChI is InChI=1S/C43H43F3N2O4/c1-3-5-7-9-11-13-21-47-39(49)35-24-29-23-30-25-36-38(42(52)48(40(36)50)22-14-12-10-8-6-4-2)27-34(30)32(33(29)26-37(35)41(47)51)20-17-28-15-18-31(19-16-28)43(44,45)46/h15-16,18-19,23-27H,3-14,21-22H2,1-2H3. The highest BCUT2D eigenvalue weighted by Gasteiger charge is 2.30. The summed E-state index contributed by atoms with van der Waals surface area (Å²) in [4.78, 5) is 54.2. The molecule has 6 rings (SSSR count). The largest absolute Gasteiger partial charge is 0.416 e. The van der Waals surface area contributed by atoms with Crippen molar-refractivity contribution < 1.29 is 13.2 Å². The second-order valence-electron chi connectivity index (χ2n) is 13.9. The van der Waals surface area contributed by atoms with Crippen LogP contribution < -0.4 is 22.2 Å². The molecular weight excluding hydrogens is 665 g/mol. The Labute approximate surface area is 299 Å². The van der Waals surface area contributed by atoms with Crippen LogP contribution in [0.4, 0.5) is 13.2 Å². The van der Waals surface area contributed by atoms with Crippen molar-refractivity contribution in [1.82, 2.24) is 9.13 Å². The van der Waals surface area contributed by atoms with E-state index < -0.39 is 11.7 Å². The van der Waals surface area contributed by atoms with Crippen molar-refractivity contribution in [3.8, 4) is 11.8 Å². The first-order chi connectivity index (χ1) is 25.0. The number of benzene rings is 4. The molecule has 52 heavy (non-hydrogen) atoms. The zero-order chi connectivity index (χ0) is 37.0. The number of unbranched alkanes of at least 4 members (excludes halogenated alkanes) is 10. The lowest BCUT2D eigenvalue weighted by atomic mass is 9.94. The average Bonchev–Trinajstić information content (AvgIpc) is 3.50. The highest BCUT2D eigenvalue weighted by atomic mass is 19.4. The van der Waals surface area contributed by atoms with Crippen LogP contribution in [0.1, 0.15) is 108 Å². The molecule has 0 saturated carbocycles. The molecule has 270 valence electrons. The van der Waals surface area contributed by atoms with Crippen LogP contribution in [0.25, 0.3) is 43.1 Å². The summed E-state index contributed by atoms with van der Waals surface area (Å²) in [6, 6.07) is 13.0. The van der Waals surface area contributed by atoms with Crippen molar-refractivity contribution in [2.75, 3.05) is 0 Å². The third kappa shape index (κ3) is 7.48. The van der Waals surface area contributed by atoms with E-state index >= 15 is 0 Å². The molecule has 0 aliphatic carbocycles. The molecule has 0 unspecified atom stereocenters. The molecular formula is C43H43F3N2O4. The molecule has 2 aromatic heterocycles. The summed E-state index contributed by atoms with van der Waals surface area (Å²) in [6.45, 7) is 4.94. The summed E-state index contributed by atoms with van der Waals surface area (Å²) in [7, 11) is 0. The Hall–Kier alpha value is -4.97. The summed E-state index contributed by atoms with van der Waals surface area (Å²) in [5.41, 5.74) is -1.46. The van der Waals surface area contributed by atoms with Crippen LogP contribution in [0, 0.1) is 11.8 Å². The van der Waals surface area contributed by atoms with Gasteiger partial charge in [-0.3, -0.25) is 28.3 Å². The normalized spacial score (nSPS) is 12.0. The maximum absolute atomic E-state index is 13.6. The number of rotatable bonds is 14. The summed E-state index contributed by atoms with van der Waals surface area (Å²) in [5.74, 6) is 6.10. The Bertz CT molecular complexity index is 2390. The van der Waals surface area contributed by atoms with Gasteiger partial charge in [-0.2, -0.15) is 13.2 Å². The van der Waals surface area contributed by atoms with Gasteiger partial charge in [0.15, 0.2) is 0 Å². The van der Waals surface area contributed by atoms with Gasteiger partial charge in [0.2, 0.25) is 0 Å². The molecule has 9 heteroatoms. The summed E-state index contributed by atoms with van der Waals surface area (Å²) >= 11 is 0. The van der Waals surface area contributed by atoms with E-state index in [-0.39, 0.29) is 33.0 Å². The van der Waals surface area contributed by atoms with Gasteiger partial charge in [0.25, 0.3) is 22.2 Å². The Morgan fingerprint density at radius 3 is 1.33 bits per heavy atom. The van der Waals surface area contributed by atoms with Crippen molar-refractivity contribution in [3.05, 3.63) is 113 Å². The SMILES string of the molecule is CCCCCCCCn1c(=O)c2cc3cc4cc5c(=O)n(CCCCCCCC)c(=O)c5cc4c(C#Cc4ccc(C(F)(F)F)cc4)c3cc2c1=O. The van der Waals surface area contributed by atoms with E-state index in [1.54, 1.807) is 24.3 Å². The van der Waals surface area contributed by atoms with Crippen LogP contribution in [0.3, 0.4) is 0 Å². The van der Waals surface area contributed by atoms with Gasteiger partial charge in [0.05, 0.1) is 27.1 Å². The van der Waals surface area contributed by atoms with Crippen LogP contribution >= 0.6 is 0 Å². The van der Waals surface area contributed by atoms with E-state index in [1.807, 2.05) is 6.07 Å². The zero-order valence-corrected chi connectivity index (χ0v) is 29.8. The van der Waals surface area contributed by atoms with Gasteiger partial charge in [0.1, 0.15) is 0 Å². The molecule has 6 aromatic rings. The molecule has 0 radical (unpaired) electrons. The van der Waals surface area contributed by atoms with Crippen LogP contribution in [-0.2, 0) is 19.3 Å². The monoisotopic (exact) mass is 708 g/mol. The minimum atomic E-state index is -4.49. The van der Waals surface area contributed by atoms with E-state index in [4.69, 9.17) is 0 Å². The van der Waals surface area contributed by atoms with Crippen LogP contribution in [-0.4, -0.2) is 9.13 Å². The van der Waals surface area contributed by atoms with Gasteiger partial charge in [-0.05, 0) is 89.0 Å². The molecule has 0 saturated heterocycles. The Morgan fingerprint density at radius 2 is 0.904 bits per heavy atom. The van der Waals surface area contributed by atoms with Crippen molar-refractivity contribution >= 4 is 43.1 Å². The fourth-order valence-corrected chi connectivity index (χ4v) is 7.21. The minimum Gasteiger partial charge on any atom is -0.274 e. The third-order valence-corrected chi connectivity index (χ3v) is 10.1. The van der Waals surface area contributed by atoms with E-state index in [9.17, 15) is 32.3 Å². The van der Waals surface area contributed by atoms with E-state index in [0.29, 0.717) is 69.4 Å². The van der Waals surface area contributed by atoms with Gasteiger partial charge < -0.3 is 0 Å². The number of alkyl halides is 3. The highest BCUT2D eigenvalue weighted by Crippen LogP contribution is 2.33. The predicted molar refractivity (Wildman–Crippen MR) is 204 cm³/mol. The number of hydrogen-bond acceptors (Lipinski definition) is 4. The molecule has 6 nitrogen and oxygen atoms in total. The molecule has 0 atom stereocenters. The Morgan fingerprint density at radius 1 is 0.500 bits per heavy atom. The van der Waals surface area contributed by atoms with Crippen molar-refractivity contribution in [1.29, 1.82) is 0 Å². The Balaban J connectivity index is 1.48. The molecule has 0 fully saturated rings. The summed E-state index contributed by atoms with van der Waals surface area (Å²) < 4.78 is 42.3. The smallest absolute Gasteiger partial charge is 0.274 e. The zero-order valence-electron chi connectivity index (χ0n) is 29.8. The molecule has 0 spiro atoms. The lowest BCUT2D eigenvalue weighted by molar-refractivity contribution is -0.137. The molecule has 4 aromatic carbocycles. The Kier molecular flexibility index (Phi) is 11.1. The van der Waals surface area contributed by atoms with Gasteiger partial charge in [-0.15, -0.1) is 0 Å². The number of hydrogen-bond donors (Lipinski definition) is 0. The maximum Gasteiger partial charge on any atom is 0.416 e. The highest BCUT2D eigenvalue weighted by molar-refractivity contribution is 6.12. The van der Waals surface area contributed by atoms with E-state index in [0.717, 1.165) is 76.3 Å². The summed E-state index contributed by atoms with van der Waals surface area (Å²) in [5, 5.41) is 3.47. The molecule has 0 amide bonds. The van der Waals surface area contributed by atoms with Crippen molar-refractivity contribution in [2.24, 2.45) is 0 Å². The molecule has 0 N–H and O–H groups in total. The second kappa shape index (κ2) is 15.7. The van der Waals surface area contributed by atoms with Crippen LogP contribution in [0.15, 0.2) is 73.8 Å². The topological polar surface area (TPSA) is 78.1 Å². The lowest BCUT2D eigenvalue weighted by Gasteiger charge is -2.08. The fraction of sp³-hybridized carbons (Fsp3) is 0.395. The first kappa shape index (κ1) is 36.8. The van der Waals surface area contributed by atoms with Gasteiger partial charge in [-0.1, -0.05) is 89.9 Å². The first-order valence-electron chi connectivity index (χ1n) is 18.5. The lowest BCUT2D eigenvalue weighted by Crippen LogP contribution is -2.25. The number of nitrogens with zero attached hydrogens (tertiary/aromatic N) is 2. The third-order valence-electron chi connectivity index (χ3n) is 10.1. The fourth-order valence-electron chi connectivity index (χ4n) is 7.21. The van der Waals surface area contributed by atoms with Crippen molar-refractivity contribution in [3.63, 3.8) is 0 Å². The quantitative estimate of drug-likeness (QED) is 0.0642. The van der Waals surface area contributed by atoms with Crippen molar-refractivity contribution in [2.45, 2.75) is 110 Å². The number of fused-ring (bicyclic) bond motifs is 4. The van der Waals surface area contributed by atoms with Crippen LogP contribution in [0.5, 0.6) is 0 Å². The summed E-state index contributed by atoms with van der Waals surface area (Å²) in [6.07, 6.45) is 7.66. The van der Waals surface area contributed by atoms with E-state index in [2.05, 4.69) is 25.7 Å². The first-order valence-corrected chi connectivity index (χ1v) is 18.5. The molecule has 0 aliphatic heterocycles. The van der Waals surface area contributed by atoms with Gasteiger partial charge in [0, 0.05) is 24.2 Å². The minimum absolute atomic E-state index is 0.262. The predicted octanol–water partition coefficient (Wildman–Crippen LogP) is 9.36. The number of halogens is 3. The van der Waals surface area contributed by atoms with E-state index in [1.165, 1.54) is 21.3 Å². The molecule has 0 bridgehead atoms. The van der Waals surface area contributed by atoms with Gasteiger partial charge in [-0.25, -0.2) is 0 Å². The second-order valence-corrected chi connectivity index (χ2v) is 13.9. The molecule has 0 aliphatic rings. The average molecular weight is 709 g/mol. The number of aromatic nitrogens is 2. The van der Waals surface area contributed by atoms with Gasteiger partial charge >= 0.3 is 6.18 Å². The molecule has 2 heterocycles. The maximum atomic E-state index is 13.6.